The van der Waals surface area contributed by atoms with Crippen molar-refractivity contribution >= 4 is 16.0 Å². The lowest BCUT2D eigenvalue weighted by Gasteiger charge is -2.29. The summed E-state index contributed by atoms with van der Waals surface area (Å²) in [6.07, 6.45) is 2.95. The number of ether oxygens (including phenoxy) is 1. The second kappa shape index (κ2) is 8.52. The molecule has 0 amide bonds. The van der Waals surface area contributed by atoms with Gasteiger partial charge in [-0.05, 0) is 36.6 Å². The average Bonchev–Trinajstić information content (AvgIpc) is 3.05. The van der Waals surface area contributed by atoms with E-state index >= 15 is 0 Å². The standard InChI is InChI=1S/C14H25N5O4S/c1-3-5-8-19-13(15-16-17-19)11-23-14(20)12-6-9-18(10-7-12)24(21,22)4-2/h12H,3-11H2,1-2H3. The number of hydrogen-bond acceptors (Lipinski definition) is 7. The topological polar surface area (TPSA) is 107 Å². The summed E-state index contributed by atoms with van der Waals surface area (Å²) in [7, 11) is -3.18. The summed E-state index contributed by atoms with van der Waals surface area (Å²) in [5.74, 6) is 0.0346. The Morgan fingerprint density at radius 2 is 2.00 bits per heavy atom. The molecule has 0 aliphatic carbocycles. The molecule has 1 aliphatic rings. The van der Waals surface area contributed by atoms with Crippen LogP contribution in [0.1, 0.15) is 45.4 Å². The first-order chi connectivity index (χ1) is 11.5. The number of unbranched alkanes of at least 4 members (excludes halogenated alkanes) is 1. The Bertz CT molecular complexity index is 637. The maximum atomic E-state index is 12.2. The summed E-state index contributed by atoms with van der Waals surface area (Å²) in [4.78, 5) is 12.2. The molecule has 1 aromatic rings. The molecule has 0 N–H and O–H groups in total. The number of tetrazole rings is 1. The van der Waals surface area contributed by atoms with Gasteiger partial charge >= 0.3 is 5.97 Å². The van der Waals surface area contributed by atoms with Crippen molar-refractivity contribution in [2.45, 2.75) is 52.7 Å². The number of aromatic nitrogens is 4. The highest BCUT2D eigenvalue weighted by Crippen LogP contribution is 2.21. The fraction of sp³-hybridized carbons (Fsp3) is 0.857. The number of carbonyl (C=O) groups is 1. The van der Waals surface area contributed by atoms with Gasteiger partial charge in [0.25, 0.3) is 0 Å². The number of nitrogens with zero attached hydrogens (tertiary/aromatic N) is 5. The van der Waals surface area contributed by atoms with E-state index in [0.717, 1.165) is 12.8 Å². The Labute approximate surface area is 142 Å². The lowest BCUT2D eigenvalue weighted by Crippen LogP contribution is -2.41. The highest BCUT2D eigenvalue weighted by Gasteiger charge is 2.31. The van der Waals surface area contributed by atoms with E-state index in [0.29, 0.717) is 38.3 Å². The van der Waals surface area contributed by atoms with Crippen LogP contribution in [0.2, 0.25) is 0 Å². The molecule has 0 spiro atoms. The summed E-state index contributed by atoms with van der Waals surface area (Å²) in [6.45, 7) is 5.18. The molecule has 1 fully saturated rings. The molecule has 0 saturated carbocycles. The molecule has 2 rings (SSSR count). The molecular weight excluding hydrogens is 334 g/mol. The minimum absolute atomic E-state index is 0.0447. The molecule has 24 heavy (non-hydrogen) atoms. The normalized spacial score (nSPS) is 17.1. The van der Waals surface area contributed by atoms with Gasteiger partial charge in [0.2, 0.25) is 10.0 Å². The monoisotopic (exact) mass is 359 g/mol. The lowest BCUT2D eigenvalue weighted by molar-refractivity contribution is -0.151. The van der Waals surface area contributed by atoms with Gasteiger partial charge in [0, 0.05) is 19.6 Å². The van der Waals surface area contributed by atoms with Gasteiger partial charge in [-0.2, -0.15) is 0 Å². The van der Waals surface area contributed by atoms with Crippen molar-refractivity contribution in [3.05, 3.63) is 5.82 Å². The molecule has 10 heteroatoms. The van der Waals surface area contributed by atoms with Crippen LogP contribution in [0.3, 0.4) is 0 Å². The zero-order valence-electron chi connectivity index (χ0n) is 14.2. The molecule has 0 atom stereocenters. The Morgan fingerprint density at radius 1 is 1.29 bits per heavy atom. The number of esters is 1. The number of aryl methyl sites for hydroxylation is 1. The van der Waals surface area contributed by atoms with Crippen LogP contribution in [-0.2, 0) is 32.7 Å². The summed E-state index contributed by atoms with van der Waals surface area (Å²) in [5.41, 5.74) is 0. The van der Waals surface area contributed by atoms with Crippen LogP contribution in [0.15, 0.2) is 0 Å². The van der Waals surface area contributed by atoms with Crippen molar-refractivity contribution in [2.24, 2.45) is 5.92 Å². The molecule has 2 heterocycles. The van der Waals surface area contributed by atoms with Crippen LogP contribution in [-0.4, -0.2) is 57.7 Å². The van der Waals surface area contributed by atoms with Gasteiger partial charge in [0.05, 0.1) is 11.7 Å². The highest BCUT2D eigenvalue weighted by molar-refractivity contribution is 7.89. The van der Waals surface area contributed by atoms with Gasteiger partial charge in [-0.3, -0.25) is 4.79 Å². The van der Waals surface area contributed by atoms with E-state index in [4.69, 9.17) is 4.74 Å². The Hall–Kier alpha value is -1.55. The molecule has 1 aliphatic heterocycles. The molecule has 0 unspecified atom stereocenters. The molecule has 1 saturated heterocycles. The molecule has 9 nitrogen and oxygen atoms in total. The van der Waals surface area contributed by atoms with Gasteiger partial charge in [-0.25, -0.2) is 17.4 Å². The zero-order valence-corrected chi connectivity index (χ0v) is 15.0. The first kappa shape index (κ1) is 18.8. The van der Waals surface area contributed by atoms with Crippen LogP contribution in [0.25, 0.3) is 0 Å². The second-order valence-electron chi connectivity index (χ2n) is 5.85. The van der Waals surface area contributed by atoms with Crippen LogP contribution in [0, 0.1) is 5.92 Å². The van der Waals surface area contributed by atoms with E-state index in [-0.39, 0.29) is 24.2 Å². The van der Waals surface area contributed by atoms with Crippen molar-refractivity contribution in [3.8, 4) is 0 Å². The smallest absolute Gasteiger partial charge is 0.309 e. The minimum atomic E-state index is -3.18. The maximum absolute atomic E-state index is 12.2. The second-order valence-corrected chi connectivity index (χ2v) is 8.11. The zero-order chi connectivity index (χ0) is 17.6. The largest absolute Gasteiger partial charge is 0.457 e. The van der Waals surface area contributed by atoms with E-state index in [1.165, 1.54) is 4.31 Å². The SMILES string of the molecule is CCCCn1nnnc1COC(=O)C1CCN(S(=O)(=O)CC)CC1. The van der Waals surface area contributed by atoms with E-state index in [1.54, 1.807) is 11.6 Å². The summed E-state index contributed by atoms with van der Waals surface area (Å²) in [5, 5.41) is 11.4. The highest BCUT2D eigenvalue weighted by atomic mass is 32.2. The molecule has 0 aromatic carbocycles. The van der Waals surface area contributed by atoms with E-state index < -0.39 is 10.0 Å². The van der Waals surface area contributed by atoms with Crippen LogP contribution < -0.4 is 0 Å². The van der Waals surface area contributed by atoms with Gasteiger partial charge in [-0.1, -0.05) is 13.3 Å². The van der Waals surface area contributed by atoms with E-state index in [1.807, 2.05) is 0 Å². The van der Waals surface area contributed by atoms with Gasteiger partial charge in [-0.15, -0.1) is 5.10 Å². The van der Waals surface area contributed by atoms with E-state index in [9.17, 15) is 13.2 Å². The van der Waals surface area contributed by atoms with Gasteiger partial charge in [0.1, 0.15) is 0 Å². The number of carbonyl (C=O) groups excluding carboxylic acids is 1. The minimum Gasteiger partial charge on any atom is -0.457 e. The van der Waals surface area contributed by atoms with Crippen LogP contribution in [0.5, 0.6) is 0 Å². The lowest BCUT2D eigenvalue weighted by atomic mass is 9.98. The average molecular weight is 359 g/mol. The van der Waals surface area contributed by atoms with Gasteiger partial charge < -0.3 is 4.74 Å². The predicted molar refractivity (Wildman–Crippen MR) is 86.3 cm³/mol. The number of hydrogen-bond donors (Lipinski definition) is 0. The van der Waals surface area contributed by atoms with Crippen molar-refractivity contribution < 1.29 is 17.9 Å². The molecule has 1 aromatic heterocycles. The number of rotatable bonds is 8. The fourth-order valence-electron chi connectivity index (χ4n) is 2.61. The maximum Gasteiger partial charge on any atom is 0.309 e. The number of piperidine rings is 1. The number of sulfonamides is 1. The molecular formula is C14H25N5O4S. The molecule has 0 radical (unpaired) electrons. The fourth-order valence-corrected chi connectivity index (χ4v) is 3.75. The predicted octanol–water partition coefficient (Wildman–Crippen LogP) is 0.578. The molecule has 136 valence electrons. The third-order valence-corrected chi connectivity index (χ3v) is 6.10. The first-order valence-corrected chi connectivity index (χ1v) is 9.98. The summed E-state index contributed by atoms with van der Waals surface area (Å²) >= 11 is 0. The Balaban J connectivity index is 1.81. The van der Waals surface area contributed by atoms with Crippen LogP contribution in [0.4, 0.5) is 0 Å². The van der Waals surface area contributed by atoms with Crippen molar-refractivity contribution in [1.82, 2.24) is 24.5 Å². The first-order valence-electron chi connectivity index (χ1n) is 8.37. The quantitative estimate of drug-likeness (QED) is 0.625. The third-order valence-electron chi connectivity index (χ3n) is 4.22. The summed E-state index contributed by atoms with van der Waals surface area (Å²) in [6, 6.07) is 0. The van der Waals surface area contributed by atoms with Gasteiger partial charge in [0.15, 0.2) is 12.4 Å². The Kier molecular flexibility index (Phi) is 6.67. The Morgan fingerprint density at radius 3 is 2.62 bits per heavy atom. The summed E-state index contributed by atoms with van der Waals surface area (Å²) < 4.78 is 32.1. The van der Waals surface area contributed by atoms with Crippen LogP contribution >= 0.6 is 0 Å². The van der Waals surface area contributed by atoms with Crippen molar-refractivity contribution in [3.63, 3.8) is 0 Å². The van der Waals surface area contributed by atoms with Crippen molar-refractivity contribution in [2.75, 3.05) is 18.8 Å². The third kappa shape index (κ3) is 4.73. The molecule has 0 bridgehead atoms. The van der Waals surface area contributed by atoms with Crippen molar-refractivity contribution in [1.29, 1.82) is 0 Å². The van der Waals surface area contributed by atoms with E-state index in [2.05, 4.69) is 22.4 Å².